The van der Waals surface area contributed by atoms with Crippen molar-refractivity contribution in [2.45, 2.75) is 71.6 Å². The molecule has 0 spiro atoms. The lowest BCUT2D eigenvalue weighted by Crippen LogP contribution is -2.15. The first kappa shape index (κ1) is 16.1. The lowest BCUT2D eigenvalue weighted by atomic mass is 9.82. The second kappa shape index (κ2) is 7.11. The van der Waals surface area contributed by atoms with Gasteiger partial charge in [0.25, 0.3) is 0 Å². The number of carbonyl (C=O) groups is 1. The normalized spacial score (nSPS) is 17.7. The molecule has 0 radical (unpaired) electrons. The van der Waals surface area contributed by atoms with Crippen LogP contribution in [0.2, 0.25) is 0 Å². The van der Waals surface area contributed by atoms with Crippen LogP contribution in [-0.4, -0.2) is 5.78 Å². The van der Waals surface area contributed by atoms with Crippen LogP contribution in [-0.2, 0) is 0 Å². The van der Waals surface area contributed by atoms with E-state index < -0.39 is 0 Å². The quantitative estimate of drug-likeness (QED) is 0.594. The van der Waals surface area contributed by atoms with E-state index in [1.165, 1.54) is 32.1 Å². The Balaban J connectivity index is 2.23. The van der Waals surface area contributed by atoms with Gasteiger partial charge in [0.2, 0.25) is 0 Å². The smallest absolute Gasteiger partial charge is 0.163 e. The fourth-order valence-corrected chi connectivity index (χ4v) is 3.37. The van der Waals surface area contributed by atoms with Gasteiger partial charge in [-0.2, -0.15) is 0 Å². The fourth-order valence-electron chi connectivity index (χ4n) is 3.37. The van der Waals surface area contributed by atoms with E-state index in [4.69, 9.17) is 5.73 Å². The highest BCUT2D eigenvalue weighted by Crippen LogP contribution is 2.32. The van der Waals surface area contributed by atoms with Crippen LogP contribution in [0.3, 0.4) is 0 Å². The van der Waals surface area contributed by atoms with E-state index in [0.717, 1.165) is 28.8 Å². The van der Waals surface area contributed by atoms with Gasteiger partial charge in [-0.05, 0) is 48.4 Å². The van der Waals surface area contributed by atoms with E-state index in [9.17, 15) is 4.79 Å². The Morgan fingerprint density at radius 1 is 1.29 bits per heavy atom. The second-order valence-corrected chi connectivity index (χ2v) is 6.74. The molecule has 1 unspecified atom stereocenters. The standard InChI is InChI=1S/C19H29NO/c1-4-13(2)16-12-18(20)14(3)10-17(16)19(21)11-15-8-6-5-7-9-15/h10,12-13,15H,4-9,11,20H2,1-3H3. The zero-order valence-corrected chi connectivity index (χ0v) is 13.7. The van der Waals surface area contributed by atoms with Gasteiger partial charge >= 0.3 is 0 Å². The average Bonchev–Trinajstić information content (AvgIpc) is 2.49. The van der Waals surface area contributed by atoms with Crippen LogP contribution in [0.5, 0.6) is 0 Å². The number of carbonyl (C=O) groups excluding carboxylic acids is 1. The van der Waals surface area contributed by atoms with Crippen molar-refractivity contribution in [2.75, 3.05) is 5.73 Å². The minimum Gasteiger partial charge on any atom is -0.399 e. The lowest BCUT2D eigenvalue weighted by molar-refractivity contribution is 0.0949. The Labute approximate surface area is 129 Å². The molecule has 1 atom stereocenters. The molecule has 0 aromatic heterocycles. The summed E-state index contributed by atoms with van der Waals surface area (Å²) in [5.41, 5.74) is 9.94. The van der Waals surface area contributed by atoms with Gasteiger partial charge in [-0.3, -0.25) is 4.79 Å². The first-order valence-electron chi connectivity index (χ1n) is 8.46. The van der Waals surface area contributed by atoms with Crippen molar-refractivity contribution < 1.29 is 4.79 Å². The number of nitrogen functional groups attached to an aromatic ring is 1. The number of hydrogen-bond donors (Lipinski definition) is 1. The number of aryl methyl sites for hydroxylation is 1. The highest BCUT2D eigenvalue weighted by molar-refractivity contribution is 5.98. The van der Waals surface area contributed by atoms with E-state index in [2.05, 4.69) is 13.8 Å². The molecule has 2 rings (SSSR count). The molecule has 21 heavy (non-hydrogen) atoms. The van der Waals surface area contributed by atoms with E-state index in [1.807, 2.05) is 19.1 Å². The van der Waals surface area contributed by atoms with Crippen LogP contribution >= 0.6 is 0 Å². The molecule has 1 aliphatic rings. The predicted molar refractivity (Wildman–Crippen MR) is 89.8 cm³/mol. The maximum absolute atomic E-state index is 12.8. The summed E-state index contributed by atoms with van der Waals surface area (Å²) in [6.07, 6.45) is 8.10. The minimum absolute atomic E-state index is 0.320. The molecule has 1 aromatic carbocycles. The van der Waals surface area contributed by atoms with Crippen LogP contribution < -0.4 is 5.73 Å². The minimum atomic E-state index is 0.320. The maximum Gasteiger partial charge on any atom is 0.163 e. The summed E-state index contributed by atoms with van der Waals surface area (Å²) < 4.78 is 0. The zero-order chi connectivity index (χ0) is 15.4. The summed E-state index contributed by atoms with van der Waals surface area (Å²) >= 11 is 0. The highest BCUT2D eigenvalue weighted by atomic mass is 16.1. The van der Waals surface area contributed by atoms with Crippen molar-refractivity contribution in [3.05, 3.63) is 28.8 Å². The number of benzene rings is 1. The zero-order valence-electron chi connectivity index (χ0n) is 13.7. The fraction of sp³-hybridized carbons (Fsp3) is 0.632. The van der Waals surface area contributed by atoms with Crippen LogP contribution in [0.25, 0.3) is 0 Å². The Kier molecular flexibility index (Phi) is 5.44. The lowest BCUT2D eigenvalue weighted by Gasteiger charge is -2.22. The summed E-state index contributed by atoms with van der Waals surface area (Å²) in [4.78, 5) is 12.8. The van der Waals surface area contributed by atoms with Gasteiger partial charge in [-0.1, -0.05) is 46.0 Å². The molecule has 2 nitrogen and oxygen atoms in total. The van der Waals surface area contributed by atoms with Crippen LogP contribution in [0, 0.1) is 12.8 Å². The molecule has 0 heterocycles. The molecule has 1 saturated carbocycles. The van der Waals surface area contributed by atoms with Crippen LogP contribution in [0.15, 0.2) is 12.1 Å². The largest absolute Gasteiger partial charge is 0.399 e. The Morgan fingerprint density at radius 3 is 2.57 bits per heavy atom. The summed E-state index contributed by atoms with van der Waals surface area (Å²) in [6, 6.07) is 4.04. The van der Waals surface area contributed by atoms with E-state index in [1.54, 1.807) is 0 Å². The first-order chi connectivity index (χ1) is 10.0. The Morgan fingerprint density at radius 2 is 1.95 bits per heavy atom. The SMILES string of the molecule is CCC(C)c1cc(N)c(C)cc1C(=O)CC1CCCCC1. The van der Waals surface area contributed by atoms with E-state index in [0.29, 0.717) is 24.0 Å². The molecule has 0 amide bonds. The van der Waals surface area contributed by atoms with Crippen LogP contribution in [0.4, 0.5) is 5.69 Å². The molecule has 1 aromatic rings. The number of nitrogens with two attached hydrogens (primary N) is 1. The van der Waals surface area contributed by atoms with Crippen molar-refractivity contribution >= 4 is 11.5 Å². The average molecular weight is 287 g/mol. The van der Waals surface area contributed by atoms with Gasteiger partial charge in [0, 0.05) is 17.7 Å². The third kappa shape index (κ3) is 3.87. The summed E-state index contributed by atoms with van der Waals surface area (Å²) in [5, 5.41) is 0. The predicted octanol–water partition coefficient (Wildman–Crippen LogP) is 5.24. The number of rotatable bonds is 5. The van der Waals surface area contributed by atoms with E-state index in [-0.39, 0.29) is 0 Å². The van der Waals surface area contributed by atoms with Gasteiger partial charge in [0.15, 0.2) is 5.78 Å². The Bertz CT molecular complexity index is 501. The number of Topliss-reactive ketones (excluding diaryl/α,β-unsaturated/α-hetero) is 1. The van der Waals surface area contributed by atoms with Crippen molar-refractivity contribution in [3.63, 3.8) is 0 Å². The molecule has 0 aliphatic heterocycles. The third-order valence-electron chi connectivity index (χ3n) is 5.08. The van der Waals surface area contributed by atoms with Gasteiger partial charge in [-0.25, -0.2) is 0 Å². The first-order valence-corrected chi connectivity index (χ1v) is 8.46. The third-order valence-corrected chi connectivity index (χ3v) is 5.08. The molecule has 0 saturated heterocycles. The molecule has 116 valence electrons. The number of anilines is 1. The van der Waals surface area contributed by atoms with Gasteiger partial charge in [0.1, 0.15) is 0 Å². The highest BCUT2D eigenvalue weighted by Gasteiger charge is 2.21. The van der Waals surface area contributed by atoms with Gasteiger partial charge < -0.3 is 5.73 Å². The molecule has 1 aliphatic carbocycles. The number of ketones is 1. The van der Waals surface area contributed by atoms with Crippen molar-refractivity contribution in [3.8, 4) is 0 Å². The summed E-state index contributed by atoms with van der Waals surface area (Å²) in [5.74, 6) is 1.30. The topological polar surface area (TPSA) is 43.1 Å². The molecule has 2 N–H and O–H groups in total. The number of hydrogen-bond acceptors (Lipinski definition) is 2. The Hall–Kier alpha value is -1.31. The molecule has 2 heteroatoms. The summed E-state index contributed by atoms with van der Waals surface area (Å²) in [6.45, 7) is 6.34. The molecular formula is C19H29NO. The van der Waals surface area contributed by atoms with Crippen molar-refractivity contribution in [1.82, 2.24) is 0 Å². The van der Waals surface area contributed by atoms with E-state index >= 15 is 0 Å². The second-order valence-electron chi connectivity index (χ2n) is 6.74. The van der Waals surface area contributed by atoms with Gasteiger partial charge in [0.05, 0.1) is 0 Å². The maximum atomic E-state index is 12.8. The van der Waals surface area contributed by atoms with Crippen molar-refractivity contribution in [2.24, 2.45) is 5.92 Å². The van der Waals surface area contributed by atoms with Gasteiger partial charge in [-0.15, -0.1) is 0 Å². The molecule has 0 bridgehead atoms. The molecule has 1 fully saturated rings. The summed E-state index contributed by atoms with van der Waals surface area (Å²) in [7, 11) is 0. The van der Waals surface area contributed by atoms with Crippen LogP contribution in [0.1, 0.15) is 86.2 Å². The molecular weight excluding hydrogens is 258 g/mol. The monoisotopic (exact) mass is 287 g/mol. The van der Waals surface area contributed by atoms with Crippen molar-refractivity contribution in [1.29, 1.82) is 0 Å².